The third-order valence-electron chi connectivity index (χ3n) is 4.40. The fourth-order valence-corrected chi connectivity index (χ4v) is 3.16. The molecule has 2 fully saturated rings. The Balaban J connectivity index is 2.03. The Labute approximate surface area is 111 Å². The lowest BCUT2D eigenvalue weighted by Gasteiger charge is -2.39. The van der Waals surface area contributed by atoms with Gasteiger partial charge in [-0.25, -0.2) is 10.8 Å². The van der Waals surface area contributed by atoms with Gasteiger partial charge in [-0.05, 0) is 38.5 Å². The van der Waals surface area contributed by atoms with E-state index < -0.39 is 0 Å². The second-order valence-electron chi connectivity index (χ2n) is 6.07. The van der Waals surface area contributed by atoms with Crippen molar-refractivity contribution in [3.8, 4) is 0 Å². The number of hydrazine groups is 1. The van der Waals surface area contributed by atoms with Crippen molar-refractivity contribution in [2.24, 2.45) is 16.8 Å². The van der Waals surface area contributed by atoms with E-state index in [1.807, 2.05) is 0 Å². The van der Waals surface area contributed by atoms with Gasteiger partial charge in [0.25, 0.3) is 0 Å². The zero-order valence-electron chi connectivity index (χ0n) is 11.9. The molecular formula is C14H28N4. The van der Waals surface area contributed by atoms with Crippen LogP contribution in [0.4, 0.5) is 0 Å². The van der Waals surface area contributed by atoms with Gasteiger partial charge in [-0.2, -0.15) is 0 Å². The highest BCUT2D eigenvalue weighted by atomic mass is 15.4. The van der Waals surface area contributed by atoms with Crippen LogP contribution < -0.4 is 11.3 Å². The molecule has 2 aliphatic rings. The van der Waals surface area contributed by atoms with E-state index in [0.717, 1.165) is 18.4 Å². The predicted octanol–water partition coefficient (Wildman–Crippen LogP) is 2.26. The first kappa shape index (κ1) is 13.7. The summed E-state index contributed by atoms with van der Waals surface area (Å²) in [5, 5.41) is 0. The van der Waals surface area contributed by atoms with E-state index in [0.29, 0.717) is 12.1 Å². The van der Waals surface area contributed by atoms with Crippen molar-refractivity contribution in [3.63, 3.8) is 0 Å². The molecule has 4 heteroatoms. The smallest absolute Gasteiger partial charge is 0.208 e. The highest BCUT2D eigenvalue weighted by Crippen LogP contribution is 2.24. The monoisotopic (exact) mass is 252 g/mol. The molecule has 104 valence electrons. The lowest BCUT2D eigenvalue weighted by Crippen LogP contribution is -2.52. The largest absolute Gasteiger partial charge is 0.339 e. The number of hydrogen-bond acceptors (Lipinski definition) is 2. The van der Waals surface area contributed by atoms with Gasteiger partial charge in [0.15, 0.2) is 0 Å². The fourth-order valence-electron chi connectivity index (χ4n) is 3.16. The maximum absolute atomic E-state index is 5.71. The van der Waals surface area contributed by atoms with E-state index in [4.69, 9.17) is 10.8 Å². The maximum Gasteiger partial charge on any atom is 0.208 e. The second-order valence-corrected chi connectivity index (χ2v) is 6.07. The molecule has 0 bridgehead atoms. The summed E-state index contributed by atoms with van der Waals surface area (Å²) in [6.45, 7) is 5.67. The van der Waals surface area contributed by atoms with Crippen LogP contribution in [0.1, 0.15) is 58.8 Å². The van der Waals surface area contributed by atoms with E-state index in [-0.39, 0.29) is 0 Å². The zero-order valence-corrected chi connectivity index (χ0v) is 11.9. The van der Waals surface area contributed by atoms with E-state index in [2.05, 4.69) is 24.2 Å². The molecule has 0 aromatic rings. The van der Waals surface area contributed by atoms with Gasteiger partial charge in [-0.3, -0.25) is 5.43 Å². The van der Waals surface area contributed by atoms with E-state index in [1.54, 1.807) is 0 Å². The Bertz CT molecular complexity index is 284. The van der Waals surface area contributed by atoms with Gasteiger partial charge in [0.1, 0.15) is 0 Å². The van der Waals surface area contributed by atoms with Crippen LogP contribution in [0.25, 0.3) is 0 Å². The van der Waals surface area contributed by atoms with Crippen molar-refractivity contribution in [2.45, 2.75) is 70.9 Å². The average Bonchev–Trinajstić information content (AvgIpc) is 2.40. The molecule has 0 spiro atoms. The summed E-state index contributed by atoms with van der Waals surface area (Å²) in [5.74, 6) is 7.37. The first-order valence-electron chi connectivity index (χ1n) is 7.51. The summed E-state index contributed by atoms with van der Waals surface area (Å²) in [5.41, 5.74) is 2.85. The molecule has 1 heterocycles. The van der Waals surface area contributed by atoms with Crippen molar-refractivity contribution >= 4 is 5.96 Å². The van der Waals surface area contributed by atoms with Gasteiger partial charge in [-0.1, -0.05) is 26.2 Å². The first-order valence-corrected chi connectivity index (χ1v) is 7.51. The molecule has 0 aromatic carbocycles. The SMILES string of the molecule is CC1CCC(C)N(C(=NC2CCCCC2)NN)C1. The van der Waals surface area contributed by atoms with Crippen LogP contribution >= 0.6 is 0 Å². The zero-order chi connectivity index (χ0) is 13.0. The molecule has 0 amide bonds. The second kappa shape index (κ2) is 6.41. The molecule has 4 nitrogen and oxygen atoms in total. The highest BCUT2D eigenvalue weighted by molar-refractivity contribution is 5.80. The summed E-state index contributed by atoms with van der Waals surface area (Å²) >= 11 is 0. The average molecular weight is 252 g/mol. The third-order valence-corrected chi connectivity index (χ3v) is 4.40. The molecule has 1 saturated heterocycles. The minimum atomic E-state index is 0.481. The predicted molar refractivity (Wildman–Crippen MR) is 76.2 cm³/mol. The Morgan fingerprint density at radius 2 is 1.83 bits per heavy atom. The molecule has 2 rings (SSSR count). The molecule has 1 aliphatic heterocycles. The van der Waals surface area contributed by atoms with Gasteiger partial charge in [0, 0.05) is 12.6 Å². The van der Waals surface area contributed by atoms with Crippen molar-refractivity contribution in [1.29, 1.82) is 0 Å². The van der Waals surface area contributed by atoms with Gasteiger partial charge < -0.3 is 4.90 Å². The van der Waals surface area contributed by atoms with Crippen LogP contribution in [-0.2, 0) is 0 Å². The Hall–Kier alpha value is -0.770. The highest BCUT2D eigenvalue weighted by Gasteiger charge is 2.26. The lowest BCUT2D eigenvalue weighted by molar-refractivity contribution is 0.199. The number of piperidine rings is 1. The van der Waals surface area contributed by atoms with Crippen LogP contribution in [-0.4, -0.2) is 29.5 Å². The molecule has 0 radical (unpaired) electrons. The quantitative estimate of drug-likeness (QED) is 0.326. The first-order chi connectivity index (χ1) is 8.70. The van der Waals surface area contributed by atoms with Crippen LogP contribution in [0, 0.1) is 5.92 Å². The number of aliphatic imine (C=N–C) groups is 1. The number of rotatable bonds is 1. The van der Waals surface area contributed by atoms with Crippen molar-refractivity contribution < 1.29 is 0 Å². The summed E-state index contributed by atoms with van der Waals surface area (Å²) in [6, 6.07) is 1.04. The van der Waals surface area contributed by atoms with Gasteiger partial charge in [0.05, 0.1) is 6.04 Å². The number of likely N-dealkylation sites (tertiary alicyclic amines) is 1. The number of guanidine groups is 1. The number of nitrogens with one attached hydrogen (secondary N) is 1. The number of nitrogens with zero attached hydrogens (tertiary/aromatic N) is 2. The van der Waals surface area contributed by atoms with Crippen molar-refractivity contribution in [3.05, 3.63) is 0 Å². The fraction of sp³-hybridized carbons (Fsp3) is 0.929. The van der Waals surface area contributed by atoms with Crippen LogP contribution in [0.2, 0.25) is 0 Å². The van der Waals surface area contributed by atoms with Gasteiger partial charge in [-0.15, -0.1) is 0 Å². The Kier molecular flexibility index (Phi) is 4.87. The topological polar surface area (TPSA) is 53.6 Å². The molecule has 3 N–H and O–H groups in total. The normalized spacial score (nSPS) is 31.5. The standard InChI is InChI=1S/C14H28N4/c1-11-8-9-12(2)18(10-11)14(17-15)16-13-6-4-3-5-7-13/h11-13H,3-10,15H2,1-2H3,(H,16,17). The van der Waals surface area contributed by atoms with E-state index in [9.17, 15) is 0 Å². The third kappa shape index (κ3) is 3.37. The Morgan fingerprint density at radius 3 is 2.50 bits per heavy atom. The summed E-state index contributed by atoms with van der Waals surface area (Å²) in [7, 11) is 0. The molecule has 2 atom stereocenters. The molecule has 2 unspecified atom stereocenters. The van der Waals surface area contributed by atoms with E-state index >= 15 is 0 Å². The summed E-state index contributed by atoms with van der Waals surface area (Å²) < 4.78 is 0. The maximum atomic E-state index is 5.71. The van der Waals surface area contributed by atoms with Crippen LogP contribution in [0.15, 0.2) is 4.99 Å². The number of nitrogens with two attached hydrogens (primary N) is 1. The Morgan fingerprint density at radius 1 is 1.11 bits per heavy atom. The minimum absolute atomic E-state index is 0.481. The van der Waals surface area contributed by atoms with Crippen LogP contribution in [0.5, 0.6) is 0 Å². The van der Waals surface area contributed by atoms with Crippen molar-refractivity contribution in [1.82, 2.24) is 10.3 Å². The molecular weight excluding hydrogens is 224 g/mol. The van der Waals surface area contributed by atoms with E-state index in [1.165, 1.54) is 44.9 Å². The summed E-state index contributed by atoms with van der Waals surface area (Å²) in [6.07, 6.45) is 9.02. The van der Waals surface area contributed by atoms with Gasteiger partial charge in [0.2, 0.25) is 5.96 Å². The molecule has 0 aromatic heterocycles. The molecule has 1 aliphatic carbocycles. The minimum Gasteiger partial charge on any atom is -0.339 e. The van der Waals surface area contributed by atoms with Crippen molar-refractivity contribution in [2.75, 3.05) is 6.54 Å². The summed E-state index contributed by atoms with van der Waals surface area (Å²) in [4.78, 5) is 7.23. The molecule has 18 heavy (non-hydrogen) atoms. The van der Waals surface area contributed by atoms with Crippen LogP contribution in [0.3, 0.4) is 0 Å². The lowest BCUT2D eigenvalue weighted by atomic mass is 9.95. The van der Waals surface area contributed by atoms with Gasteiger partial charge >= 0.3 is 0 Å². The molecule has 1 saturated carbocycles. The number of hydrogen-bond donors (Lipinski definition) is 2.